The van der Waals surface area contributed by atoms with Gasteiger partial charge in [0.2, 0.25) is 10.0 Å². The Balaban J connectivity index is 3.40. The highest BCUT2D eigenvalue weighted by Gasteiger charge is 2.26. The van der Waals surface area contributed by atoms with Gasteiger partial charge in [0, 0.05) is 5.02 Å². The predicted molar refractivity (Wildman–Crippen MR) is 71.6 cm³/mol. The van der Waals surface area contributed by atoms with Crippen molar-refractivity contribution in [2.75, 3.05) is 0 Å². The van der Waals surface area contributed by atoms with Crippen LogP contribution in [0, 0.1) is 18.2 Å². The van der Waals surface area contributed by atoms with Crippen LogP contribution in [0.15, 0.2) is 17.0 Å². The van der Waals surface area contributed by atoms with E-state index in [-0.39, 0.29) is 5.02 Å². The van der Waals surface area contributed by atoms with Crippen LogP contribution in [0.4, 0.5) is 4.39 Å². The number of hydrogen-bond acceptors (Lipinski definition) is 3. The van der Waals surface area contributed by atoms with Crippen LogP contribution in [0.25, 0.3) is 0 Å². The third kappa shape index (κ3) is 3.48. The molecular formula is C12H11ClFNO4S. The molecule has 20 heavy (non-hydrogen) atoms. The van der Waals surface area contributed by atoms with Crippen molar-refractivity contribution in [3.05, 3.63) is 28.5 Å². The molecule has 0 amide bonds. The van der Waals surface area contributed by atoms with Crippen LogP contribution in [-0.2, 0) is 10.0 Å². The van der Waals surface area contributed by atoms with Crippen LogP contribution in [0.3, 0.4) is 0 Å². The topological polar surface area (TPSA) is 83.5 Å². The number of rotatable bonds is 5. The number of benzene rings is 1. The Hall–Kier alpha value is -1.62. The second-order valence-electron chi connectivity index (χ2n) is 3.82. The SMILES string of the molecule is C#CC(CC)NS(=O)(=O)c1cc(Cl)cc(C(=O)O)c1F. The summed E-state index contributed by atoms with van der Waals surface area (Å²) < 4.78 is 40.1. The van der Waals surface area contributed by atoms with Gasteiger partial charge in [-0.05, 0) is 18.6 Å². The van der Waals surface area contributed by atoms with Gasteiger partial charge < -0.3 is 5.11 Å². The van der Waals surface area contributed by atoms with E-state index in [0.717, 1.165) is 12.1 Å². The van der Waals surface area contributed by atoms with Crippen LogP contribution in [0.5, 0.6) is 0 Å². The van der Waals surface area contributed by atoms with Gasteiger partial charge in [-0.1, -0.05) is 24.4 Å². The minimum atomic E-state index is -4.31. The van der Waals surface area contributed by atoms with Gasteiger partial charge >= 0.3 is 5.97 Å². The van der Waals surface area contributed by atoms with Crippen LogP contribution >= 0.6 is 11.6 Å². The fourth-order valence-electron chi connectivity index (χ4n) is 1.40. The van der Waals surface area contributed by atoms with Gasteiger partial charge in [-0.15, -0.1) is 6.42 Å². The number of aromatic carboxylic acids is 1. The lowest BCUT2D eigenvalue weighted by Crippen LogP contribution is -2.34. The Morgan fingerprint density at radius 3 is 2.65 bits per heavy atom. The number of sulfonamides is 1. The van der Waals surface area contributed by atoms with E-state index in [1.165, 1.54) is 0 Å². The zero-order valence-corrected chi connectivity index (χ0v) is 11.9. The molecule has 1 aromatic rings. The molecule has 0 saturated heterocycles. The summed E-state index contributed by atoms with van der Waals surface area (Å²) in [6, 6.07) is 0.831. The van der Waals surface area contributed by atoms with Gasteiger partial charge in [-0.3, -0.25) is 0 Å². The Kier molecular flexibility index (Phi) is 5.11. The minimum absolute atomic E-state index is 0.210. The van der Waals surface area contributed by atoms with E-state index >= 15 is 0 Å². The molecule has 0 spiro atoms. The molecule has 1 atom stereocenters. The van der Waals surface area contributed by atoms with E-state index in [1.807, 2.05) is 0 Å². The van der Waals surface area contributed by atoms with Gasteiger partial charge in [0.25, 0.3) is 0 Å². The molecule has 0 fully saturated rings. The highest BCUT2D eigenvalue weighted by atomic mass is 35.5. The summed E-state index contributed by atoms with van der Waals surface area (Å²) in [6.07, 6.45) is 5.42. The zero-order chi connectivity index (χ0) is 15.5. The molecule has 0 aliphatic carbocycles. The van der Waals surface area contributed by atoms with Crippen molar-refractivity contribution in [1.82, 2.24) is 4.72 Å². The molecule has 8 heteroatoms. The molecule has 0 aromatic heterocycles. The van der Waals surface area contributed by atoms with Crippen LogP contribution in [0.1, 0.15) is 23.7 Å². The van der Waals surface area contributed by atoms with Crippen molar-refractivity contribution < 1.29 is 22.7 Å². The lowest BCUT2D eigenvalue weighted by molar-refractivity contribution is 0.0691. The van der Waals surface area contributed by atoms with Gasteiger partial charge in [0.1, 0.15) is 4.90 Å². The van der Waals surface area contributed by atoms with Crippen molar-refractivity contribution in [2.45, 2.75) is 24.3 Å². The van der Waals surface area contributed by atoms with Crippen molar-refractivity contribution in [3.63, 3.8) is 0 Å². The summed E-state index contributed by atoms with van der Waals surface area (Å²) in [4.78, 5) is 9.99. The van der Waals surface area contributed by atoms with Gasteiger partial charge in [-0.25, -0.2) is 17.6 Å². The quantitative estimate of drug-likeness (QED) is 0.812. The van der Waals surface area contributed by atoms with E-state index in [1.54, 1.807) is 6.92 Å². The highest BCUT2D eigenvalue weighted by molar-refractivity contribution is 7.89. The van der Waals surface area contributed by atoms with Crippen molar-refractivity contribution in [2.24, 2.45) is 0 Å². The Morgan fingerprint density at radius 1 is 1.60 bits per heavy atom. The first-order valence-electron chi connectivity index (χ1n) is 5.43. The fourth-order valence-corrected chi connectivity index (χ4v) is 3.05. The molecule has 0 heterocycles. The molecule has 0 aliphatic heterocycles. The molecule has 0 bridgehead atoms. The van der Waals surface area contributed by atoms with E-state index in [9.17, 15) is 17.6 Å². The van der Waals surface area contributed by atoms with E-state index in [4.69, 9.17) is 23.1 Å². The molecule has 108 valence electrons. The number of halogens is 2. The first-order chi connectivity index (χ1) is 9.22. The average Bonchev–Trinajstić information content (AvgIpc) is 2.37. The first-order valence-corrected chi connectivity index (χ1v) is 7.29. The normalized spacial score (nSPS) is 12.7. The predicted octanol–water partition coefficient (Wildman–Crippen LogP) is 1.87. The maximum atomic E-state index is 13.9. The maximum absolute atomic E-state index is 13.9. The lowest BCUT2D eigenvalue weighted by Gasteiger charge is -2.13. The zero-order valence-electron chi connectivity index (χ0n) is 10.4. The minimum Gasteiger partial charge on any atom is -0.478 e. The Morgan fingerprint density at radius 2 is 2.20 bits per heavy atom. The van der Waals surface area contributed by atoms with Crippen molar-refractivity contribution in [1.29, 1.82) is 0 Å². The molecule has 0 aliphatic rings. The number of carboxylic acid groups (broad SMARTS) is 1. The van der Waals surface area contributed by atoms with Gasteiger partial charge in [0.05, 0.1) is 11.6 Å². The fraction of sp³-hybridized carbons (Fsp3) is 0.250. The third-order valence-corrected chi connectivity index (χ3v) is 4.12. The monoisotopic (exact) mass is 319 g/mol. The van der Waals surface area contributed by atoms with E-state index < -0.39 is 38.3 Å². The summed E-state index contributed by atoms with van der Waals surface area (Å²) in [5.41, 5.74) is -0.827. The first kappa shape index (κ1) is 16.4. The Labute approximate surface area is 120 Å². The summed E-state index contributed by atoms with van der Waals surface area (Å²) in [6.45, 7) is 1.64. The maximum Gasteiger partial charge on any atom is 0.338 e. The molecule has 1 rings (SSSR count). The number of carboxylic acids is 1. The standard InChI is InChI=1S/C12H11ClFNO4S/c1-3-8(4-2)15-20(18,19)10-6-7(13)5-9(11(10)14)12(16)17/h1,5-6,8,15H,4H2,2H3,(H,16,17). The number of carbonyl (C=O) groups is 1. The average molecular weight is 320 g/mol. The summed E-state index contributed by atoms with van der Waals surface area (Å²) >= 11 is 5.61. The van der Waals surface area contributed by atoms with Gasteiger partial charge in [-0.2, -0.15) is 4.72 Å². The molecule has 1 aromatic carbocycles. The van der Waals surface area contributed by atoms with Crippen LogP contribution in [-0.4, -0.2) is 25.5 Å². The van der Waals surface area contributed by atoms with Crippen LogP contribution in [0.2, 0.25) is 5.02 Å². The smallest absolute Gasteiger partial charge is 0.338 e. The van der Waals surface area contributed by atoms with E-state index in [0.29, 0.717) is 6.42 Å². The summed E-state index contributed by atoms with van der Waals surface area (Å²) in [5, 5.41) is 8.60. The molecular weight excluding hydrogens is 309 g/mol. The van der Waals surface area contributed by atoms with Gasteiger partial charge in [0.15, 0.2) is 5.82 Å². The van der Waals surface area contributed by atoms with E-state index in [2.05, 4.69) is 10.6 Å². The largest absolute Gasteiger partial charge is 0.478 e. The Bertz CT molecular complexity index is 681. The van der Waals surface area contributed by atoms with Crippen LogP contribution < -0.4 is 4.72 Å². The number of terminal acetylenes is 1. The summed E-state index contributed by atoms with van der Waals surface area (Å²) in [5.74, 6) is -0.821. The number of hydrogen-bond donors (Lipinski definition) is 2. The molecule has 0 saturated carbocycles. The lowest BCUT2D eigenvalue weighted by atomic mass is 10.2. The molecule has 1 unspecified atom stereocenters. The second-order valence-corrected chi connectivity index (χ2v) is 5.94. The van der Waals surface area contributed by atoms with Crippen molar-refractivity contribution >= 4 is 27.6 Å². The summed E-state index contributed by atoms with van der Waals surface area (Å²) in [7, 11) is -4.31. The second kappa shape index (κ2) is 6.22. The highest BCUT2D eigenvalue weighted by Crippen LogP contribution is 2.24. The third-order valence-electron chi connectivity index (χ3n) is 2.43. The molecule has 0 radical (unpaired) electrons. The molecule has 5 nitrogen and oxygen atoms in total. The number of nitrogens with one attached hydrogen (secondary N) is 1. The molecule has 2 N–H and O–H groups in total. The van der Waals surface area contributed by atoms with Crippen molar-refractivity contribution in [3.8, 4) is 12.3 Å².